The average molecular weight is 240 g/mol. The number of hydrogen-bond donors (Lipinski definition) is 1. The van der Waals surface area contributed by atoms with Gasteiger partial charge in [0.2, 0.25) is 0 Å². The van der Waals surface area contributed by atoms with Crippen molar-refractivity contribution in [1.82, 2.24) is 9.97 Å². The molecule has 17 heavy (non-hydrogen) atoms. The number of aromatic amines is 1. The van der Waals surface area contributed by atoms with Crippen molar-refractivity contribution in [3.05, 3.63) is 36.5 Å². The fraction of sp³-hybridized carbons (Fsp3) is 0.214. The largest absolute Gasteiger partial charge is 0.339 e. The number of H-pyrrole nitrogens is 1. The van der Waals surface area contributed by atoms with Crippen LogP contribution in [0.1, 0.15) is 0 Å². The third kappa shape index (κ3) is 1.58. The summed E-state index contributed by atoms with van der Waals surface area (Å²) >= 11 is 0. The molecule has 0 unspecified atom stereocenters. The first kappa shape index (κ1) is 10.5. The van der Waals surface area contributed by atoms with Gasteiger partial charge >= 0.3 is 0 Å². The van der Waals surface area contributed by atoms with Crippen LogP contribution >= 0.6 is 0 Å². The second-order valence-electron chi connectivity index (χ2n) is 5.50. The van der Waals surface area contributed by atoms with Crippen LogP contribution in [0, 0.1) is 0 Å². The Hall–Kier alpha value is -1.61. The third-order valence-electron chi connectivity index (χ3n) is 3.21. The van der Waals surface area contributed by atoms with Crippen molar-refractivity contribution >= 4 is 35.2 Å². The molecule has 1 aromatic carbocycles. The predicted octanol–water partition coefficient (Wildman–Crippen LogP) is 3.26. The Kier molecular flexibility index (Phi) is 2.13. The second kappa shape index (κ2) is 3.44. The highest BCUT2D eigenvalue weighted by molar-refractivity contribution is 6.90. The summed E-state index contributed by atoms with van der Waals surface area (Å²) in [6.07, 6.45) is 1.92. The van der Waals surface area contributed by atoms with Crippen LogP contribution in [0.4, 0.5) is 0 Å². The smallest absolute Gasteiger partial charge is 0.138 e. The summed E-state index contributed by atoms with van der Waals surface area (Å²) in [5, 5.41) is 4.11. The van der Waals surface area contributed by atoms with Gasteiger partial charge in [-0.3, -0.25) is 0 Å². The molecular formula is C14H16N2Si. The molecule has 3 heteroatoms. The highest BCUT2D eigenvalue weighted by atomic mass is 28.3. The first-order valence-corrected chi connectivity index (χ1v) is 9.43. The molecule has 1 N–H and O–H groups in total. The topological polar surface area (TPSA) is 28.7 Å². The Morgan fingerprint density at radius 2 is 1.82 bits per heavy atom. The highest BCUT2D eigenvalue weighted by Gasteiger charge is 2.21. The maximum absolute atomic E-state index is 4.46. The number of benzene rings is 1. The molecule has 3 aromatic rings. The van der Waals surface area contributed by atoms with E-state index in [-0.39, 0.29) is 0 Å². The summed E-state index contributed by atoms with van der Waals surface area (Å²) in [4.78, 5) is 7.86. The van der Waals surface area contributed by atoms with Gasteiger partial charge in [0, 0.05) is 22.5 Å². The van der Waals surface area contributed by atoms with Gasteiger partial charge in [-0.2, -0.15) is 0 Å². The molecule has 0 fully saturated rings. The van der Waals surface area contributed by atoms with Crippen LogP contribution in [-0.4, -0.2) is 18.0 Å². The van der Waals surface area contributed by atoms with Crippen molar-refractivity contribution in [2.45, 2.75) is 19.6 Å². The number of pyridine rings is 1. The number of nitrogens with one attached hydrogen (secondary N) is 1. The van der Waals surface area contributed by atoms with Crippen molar-refractivity contribution in [3.63, 3.8) is 0 Å². The monoisotopic (exact) mass is 240 g/mol. The van der Waals surface area contributed by atoms with E-state index in [0.29, 0.717) is 0 Å². The lowest BCUT2D eigenvalue weighted by atomic mass is 10.2. The van der Waals surface area contributed by atoms with Crippen LogP contribution in [0.25, 0.3) is 21.9 Å². The van der Waals surface area contributed by atoms with Crippen molar-refractivity contribution in [1.29, 1.82) is 0 Å². The lowest BCUT2D eigenvalue weighted by Gasteiger charge is -2.17. The van der Waals surface area contributed by atoms with Gasteiger partial charge in [-0.25, -0.2) is 4.98 Å². The number of fused-ring (bicyclic) bond motifs is 3. The van der Waals surface area contributed by atoms with Gasteiger partial charge in [0.1, 0.15) is 5.65 Å². The SMILES string of the molecule is C[Si](C)(C)c1ccnc2[nH]c3ccccc3c12. The fourth-order valence-corrected chi connectivity index (χ4v) is 3.97. The van der Waals surface area contributed by atoms with Crippen LogP contribution < -0.4 is 5.19 Å². The van der Waals surface area contributed by atoms with Gasteiger partial charge in [-0.15, -0.1) is 0 Å². The molecule has 0 aliphatic heterocycles. The Labute approximate surface area is 102 Å². The van der Waals surface area contributed by atoms with Gasteiger partial charge in [0.05, 0.1) is 8.07 Å². The van der Waals surface area contributed by atoms with Gasteiger partial charge < -0.3 is 4.98 Å². The summed E-state index contributed by atoms with van der Waals surface area (Å²) in [6, 6.07) is 10.6. The fourth-order valence-electron chi connectivity index (χ4n) is 2.39. The van der Waals surface area contributed by atoms with E-state index >= 15 is 0 Å². The zero-order valence-corrected chi connectivity index (χ0v) is 11.4. The van der Waals surface area contributed by atoms with E-state index < -0.39 is 8.07 Å². The van der Waals surface area contributed by atoms with Gasteiger partial charge in [-0.05, 0) is 17.3 Å². The van der Waals surface area contributed by atoms with E-state index in [9.17, 15) is 0 Å². The Bertz CT molecular complexity index is 692. The molecule has 0 bridgehead atoms. The van der Waals surface area contributed by atoms with Crippen molar-refractivity contribution < 1.29 is 0 Å². The van der Waals surface area contributed by atoms with E-state index in [2.05, 4.69) is 59.9 Å². The van der Waals surface area contributed by atoms with Crippen LogP contribution in [0.15, 0.2) is 36.5 Å². The number of nitrogens with zero attached hydrogens (tertiary/aromatic N) is 1. The first-order chi connectivity index (χ1) is 8.07. The normalized spacial score (nSPS) is 12.4. The van der Waals surface area contributed by atoms with Gasteiger partial charge in [-0.1, -0.05) is 37.8 Å². The predicted molar refractivity (Wildman–Crippen MR) is 76.6 cm³/mol. The van der Waals surface area contributed by atoms with E-state index in [1.54, 1.807) is 0 Å². The minimum Gasteiger partial charge on any atom is -0.339 e. The molecule has 2 aromatic heterocycles. The molecular weight excluding hydrogens is 224 g/mol. The molecule has 2 nitrogen and oxygen atoms in total. The third-order valence-corrected chi connectivity index (χ3v) is 5.24. The quantitative estimate of drug-likeness (QED) is 0.650. The molecule has 0 aliphatic carbocycles. The second-order valence-corrected chi connectivity index (χ2v) is 10.5. The average Bonchev–Trinajstić information content (AvgIpc) is 2.65. The van der Waals surface area contributed by atoms with Crippen molar-refractivity contribution in [2.75, 3.05) is 0 Å². The molecule has 0 aliphatic rings. The van der Waals surface area contributed by atoms with Gasteiger partial charge in [0.15, 0.2) is 0 Å². The molecule has 0 spiro atoms. The summed E-state index contributed by atoms with van der Waals surface area (Å²) in [5.41, 5.74) is 2.20. The maximum atomic E-state index is 4.46. The number of aromatic nitrogens is 2. The number of para-hydroxylation sites is 1. The lowest BCUT2D eigenvalue weighted by Crippen LogP contribution is -2.38. The molecule has 0 saturated heterocycles. The standard InChI is InChI=1S/C14H16N2Si/c1-17(2,3)12-8-9-15-14-13(12)10-6-4-5-7-11(10)16-14/h4-9H,1-3H3,(H,15,16). The van der Waals surface area contributed by atoms with E-state index in [4.69, 9.17) is 0 Å². The molecule has 86 valence electrons. The zero-order valence-electron chi connectivity index (χ0n) is 10.4. The van der Waals surface area contributed by atoms with Crippen molar-refractivity contribution in [2.24, 2.45) is 0 Å². The maximum Gasteiger partial charge on any atom is 0.138 e. The lowest BCUT2D eigenvalue weighted by molar-refractivity contribution is 1.35. The first-order valence-electron chi connectivity index (χ1n) is 5.93. The minimum absolute atomic E-state index is 1.02. The molecule has 0 saturated carbocycles. The van der Waals surface area contributed by atoms with E-state index in [0.717, 1.165) is 5.65 Å². The molecule has 0 atom stereocenters. The number of hydrogen-bond acceptors (Lipinski definition) is 1. The summed E-state index contributed by atoms with van der Waals surface area (Å²) in [6.45, 7) is 7.14. The Morgan fingerprint density at radius 3 is 2.59 bits per heavy atom. The van der Waals surface area contributed by atoms with E-state index in [1.807, 2.05) is 6.20 Å². The van der Waals surface area contributed by atoms with Crippen molar-refractivity contribution in [3.8, 4) is 0 Å². The zero-order chi connectivity index (χ0) is 12.0. The van der Waals surface area contributed by atoms with Crippen LogP contribution in [0.5, 0.6) is 0 Å². The van der Waals surface area contributed by atoms with Gasteiger partial charge in [0.25, 0.3) is 0 Å². The molecule has 0 radical (unpaired) electrons. The number of rotatable bonds is 1. The molecule has 0 amide bonds. The molecule has 3 rings (SSSR count). The van der Waals surface area contributed by atoms with Crippen LogP contribution in [-0.2, 0) is 0 Å². The summed E-state index contributed by atoms with van der Waals surface area (Å²) < 4.78 is 0. The minimum atomic E-state index is -1.34. The molecule has 2 heterocycles. The van der Waals surface area contributed by atoms with E-state index in [1.165, 1.54) is 21.5 Å². The highest BCUT2D eigenvalue weighted by Crippen LogP contribution is 2.24. The van der Waals surface area contributed by atoms with Crippen LogP contribution in [0.2, 0.25) is 19.6 Å². The Morgan fingerprint density at radius 1 is 1.06 bits per heavy atom. The summed E-state index contributed by atoms with van der Waals surface area (Å²) in [7, 11) is -1.34. The Balaban J connectivity index is 2.52. The summed E-state index contributed by atoms with van der Waals surface area (Å²) in [5.74, 6) is 0. The van der Waals surface area contributed by atoms with Crippen LogP contribution in [0.3, 0.4) is 0 Å².